The van der Waals surface area contributed by atoms with Gasteiger partial charge in [-0.15, -0.1) is 0 Å². The predicted molar refractivity (Wildman–Crippen MR) is 106 cm³/mol. The number of aromatic nitrogens is 2. The second-order valence-corrected chi connectivity index (χ2v) is 6.34. The monoisotopic (exact) mass is 379 g/mol. The minimum Gasteiger partial charge on any atom is -0.449 e. The number of carbonyl (C=O) groups is 2. The topological polar surface area (TPSA) is 82.3 Å². The smallest absolute Gasteiger partial charge is 0.338 e. The first-order valence-corrected chi connectivity index (χ1v) is 8.81. The standard InChI is InChI=1S/C21H21N3O4/c1-14-18(20(26)24(23(14)3)17-12-8-5-9-13-17)22-19(25)15(2)28-21(27)16-10-6-4-7-11-16/h4-13,15H,1-3H3,(H,22,25). The van der Waals surface area contributed by atoms with Gasteiger partial charge in [-0.1, -0.05) is 36.4 Å². The van der Waals surface area contributed by atoms with Crippen molar-refractivity contribution in [1.82, 2.24) is 9.36 Å². The van der Waals surface area contributed by atoms with Crippen molar-refractivity contribution in [2.24, 2.45) is 7.05 Å². The number of amides is 1. The largest absolute Gasteiger partial charge is 0.449 e. The summed E-state index contributed by atoms with van der Waals surface area (Å²) in [5.74, 6) is -1.18. The number of hydrogen-bond acceptors (Lipinski definition) is 4. The van der Waals surface area contributed by atoms with Crippen LogP contribution < -0.4 is 10.9 Å². The van der Waals surface area contributed by atoms with E-state index in [-0.39, 0.29) is 11.2 Å². The molecule has 0 saturated carbocycles. The summed E-state index contributed by atoms with van der Waals surface area (Å²) in [6, 6.07) is 17.5. The molecule has 0 aliphatic heterocycles. The van der Waals surface area contributed by atoms with Crippen LogP contribution >= 0.6 is 0 Å². The fourth-order valence-electron chi connectivity index (χ4n) is 2.79. The van der Waals surface area contributed by atoms with Crippen molar-refractivity contribution >= 4 is 17.6 Å². The molecule has 7 heteroatoms. The van der Waals surface area contributed by atoms with Gasteiger partial charge in [0.1, 0.15) is 5.69 Å². The maximum absolute atomic E-state index is 12.8. The van der Waals surface area contributed by atoms with E-state index in [0.29, 0.717) is 16.9 Å². The number of ether oxygens (including phenoxy) is 1. The lowest BCUT2D eigenvalue weighted by Gasteiger charge is -2.13. The van der Waals surface area contributed by atoms with Gasteiger partial charge >= 0.3 is 5.97 Å². The van der Waals surface area contributed by atoms with Crippen molar-refractivity contribution in [3.05, 3.63) is 82.3 Å². The van der Waals surface area contributed by atoms with Gasteiger partial charge in [-0.05, 0) is 38.1 Å². The zero-order chi connectivity index (χ0) is 20.3. The number of hydrogen-bond donors (Lipinski definition) is 1. The molecule has 0 aliphatic rings. The molecular weight excluding hydrogens is 358 g/mol. The van der Waals surface area contributed by atoms with Crippen molar-refractivity contribution in [2.45, 2.75) is 20.0 Å². The van der Waals surface area contributed by atoms with Crippen LogP contribution in [-0.4, -0.2) is 27.3 Å². The Morgan fingerprint density at radius 1 is 1.00 bits per heavy atom. The maximum Gasteiger partial charge on any atom is 0.338 e. The second kappa shape index (κ2) is 7.96. The molecule has 1 aromatic heterocycles. The molecular formula is C21H21N3O4. The molecule has 0 saturated heterocycles. The molecule has 0 spiro atoms. The van der Waals surface area contributed by atoms with Gasteiger partial charge in [0.25, 0.3) is 11.5 Å². The average molecular weight is 379 g/mol. The van der Waals surface area contributed by atoms with Crippen LogP contribution in [0, 0.1) is 6.92 Å². The molecule has 0 fully saturated rings. The van der Waals surface area contributed by atoms with Crippen LogP contribution in [0.25, 0.3) is 5.69 Å². The molecule has 28 heavy (non-hydrogen) atoms. The van der Waals surface area contributed by atoms with Crippen LogP contribution in [0.15, 0.2) is 65.5 Å². The lowest BCUT2D eigenvalue weighted by molar-refractivity contribution is -0.123. The highest BCUT2D eigenvalue weighted by molar-refractivity contribution is 5.97. The van der Waals surface area contributed by atoms with Gasteiger partial charge in [0.05, 0.1) is 16.9 Å². The first kappa shape index (κ1) is 19.2. The lowest BCUT2D eigenvalue weighted by atomic mass is 10.2. The molecule has 0 bridgehead atoms. The first-order valence-electron chi connectivity index (χ1n) is 8.81. The molecule has 1 N–H and O–H groups in total. The summed E-state index contributed by atoms with van der Waals surface area (Å²) < 4.78 is 8.33. The minimum absolute atomic E-state index is 0.152. The maximum atomic E-state index is 12.8. The Balaban J connectivity index is 1.79. The van der Waals surface area contributed by atoms with Crippen molar-refractivity contribution < 1.29 is 14.3 Å². The number of rotatable bonds is 5. The number of anilines is 1. The molecule has 1 unspecified atom stereocenters. The Hall–Kier alpha value is -3.61. The van der Waals surface area contributed by atoms with Gasteiger partial charge in [0.2, 0.25) is 0 Å². The fourth-order valence-corrected chi connectivity index (χ4v) is 2.79. The van der Waals surface area contributed by atoms with Gasteiger partial charge in [0.15, 0.2) is 6.10 Å². The predicted octanol–water partition coefficient (Wildman–Crippen LogP) is 2.67. The van der Waals surface area contributed by atoms with Crippen LogP contribution in [0.3, 0.4) is 0 Å². The summed E-state index contributed by atoms with van der Waals surface area (Å²) in [4.78, 5) is 37.4. The van der Waals surface area contributed by atoms with E-state index in [1.807, 2.05) is 18.2 Å². The van der Waals surface area contributed by atoms with Crippen molar-refractivity contribution in [3.8, 4) is 5.69 Å². The Kier molecular flexibility index (Phi) is 5.44. The average Bonchev–Trinajstić information content (AvgIpc) is 2.92. The Bertz CT molecular complexity index is 1050. The van der Waals surface area contributed by atoms with Gasteiger partial charge < -0.3 is 10.1 Å². The van der Waals surface area contributed by atoms with Crippen molar-refractivity contribution in [1.29, 1.82) is 0 Å². The molecule has 0 aliphatic carbocycles. The lowest BCUT2D eigenvalue weighted by Crippen LogP contribution is -2.32. The van der Waals surface area contributed by atoms with Gasteiger partial charge in [-0.3, -0.25) is 14.3 Å². The highest BCUT2D eigenvalue weighted by Crippen LogP contribution is 2.15. The molecule has 144 valence electrons. The van der Waals surface area contributed by atoms with Crippen LogP contribution in [-0.2, 0) is 16.6 Å². The van der Waals surface area contributed by atoms with E-state index in [2.05, 4.69) is 5.32 Å². The number of nitrogens with zero attached hydrogens (tertiary/aromatic N) is 2. The number of carbonyl (C=O) groups excluding carboxylic acids is 2. The molecule has 0 radical (unpaired) electrons. The number of esters is 1. The number of para-hydroxylation sites is 1. The van der Waals surface area contributed by atoms with Crippen LogP contribution in [0.4, 0.5) is 5.69 Å². The van der Waals surface area contributed by atoms with E-state index >= 15 is 0 Å². The summed E-state index contributed by atoms with van der Waals surface area (Å²) in [6.07, 6.45) is -1.06. The van der Waals surface area contributed by atoms with Gasteiger partial charge in [-0.25, -0.2) is 9.48 Å². The van der Waals surface area contributed by atoms with Gasteiger partial charge in [-0.2, -0.15) is 0 Å². The molecule has 7 nitrogen and oxygen atoms in total. The van der Waals surface area contributed by atoms with E-state index in [1.54, 1.807) is 61.1 Å². The molecule has 3 aromatic rings. The normalized spacial score (nSPS) is 11.7. The number of benzene rings is 2. The van der Waals surface area contributed by atoms with E-state index in [0.717, 1.165) is 0 Å². The summed E-state index contributed by atoms with van der Waals surface area (Å²) in [5, 5.41) is 2.60. The van der Waals surface area contributed by atoms with Crippen LogP contribution in [0.5, 0.6) is 0 Å². The molecule has 2 aromatic carbocycles. The Labute approximate surface area is 162 Å². The third kappa shape index (κ3) is 3.73. The zero-order valence-corrected chi connectivity index (χ0v) is 15.9. The zero-order valence-electron chi connectivity index (χ0n) is 15.9. The summed E-state index contributed by atoms with van der Waals surface area (Å²) in [6.45, 7) is 3.20. The van der Waals surface area contributed by atoms with Crippen LogP contribution in [0.1, 0.15) is 23.0 Å². The van der Waals surface area contributed by atoms with Crippen molar-refractivity contribution in [2.75, 3.05) is 5.32 Å². The van der Waals surface area contributed by atoms with E-state index < -0.39 is 18.0 Å². The fraction of sp³-hybridized carbons (Fsp3) is 0.190. The SMILES string of the molecule is Cc1c(NC(=O)C(C)OC(=O)c2ccccc2)c(=O)n(-c2ccccc2)n1C. The Morgan fingerprint density at radius 2 is 1.57 bits per heavy atom. The van der Waals surface area contributed by atoms with E-state index in [1.165, 1.54) is 11.6 Å². The van der Waals surface area contributed by atoms with E-state index in [9.17, 15) is 14.4 Å². The van der Waals surface area contributed by atoms with Crippen LogP contribution in [0.2, 0.25) is 0 Å². The van der Waals surface area contributed by atoms with Gasteiger partial charge in [0, 0.05) is 7.05 Å². The highest BCUT2D eigenvalue weighted by atomic mass is 16.5. The molecule has 1 atom stereocenters. The van der Waals surface area contributed by atoms with E-state index in [4.69, 9.17) is 4.74 Å². The first-order chi connectivity index (χ1) is 13.4. The highest BCUT2D eigenvalue weighted by Gasteiger charge is 2.23. The summed E-state index contributed by atoms with van der Waals surface area (Å²) >= 11 is 0. The quantitative estimate of drug-likeness (QED) is 0.691. The second-order valence-electron chi connectivity index (χ2n) is 6.34. The summed E-state index contributed by atoms with van der Waals surface area (Å²) in [5.41, 5.74) is 1.41. The third-order valence-corrected chi connectivity index (χ3v) is 4.46. The Morgan fingerprint density at radius 3 is 2.18 bits per heavy atom. The molecule has 1 amide bonds. The molecule has 1 heterocycles. The third-order valence-electron chi connectivity index (χ3n) is 4.46. The molecule has 3 rings (SSSR count). The number of nitrogens with one attached hydrogen (secondary N) is 1. The minimum atomic E-state index is -1.06. The summed E-state index contributed by atoms with van der Waals surface area (Å²) in [7, 11) is 1.73. The van der Waals surface area contributed by atoms with Crippen molar-refractivity contribution in [3.63, 3.8) is 0 Å².